The Morgan fingerprint density at radius 2 is 1.92 bits per heavy atom. The lowest BCUT2D eigenvalue weighted by Crippen LogP contribution is -2.41. The summed E-state index contributed by atoms with van der Waals surface area (Å²) < 4.78 is 0. The number of hydrogen-bond donors (Lipinski definition) is 2. The minimum Gasteiger partial charge on any atom is -0.465 e. The van der Waals surface area contributed by atoms with Crippen LogP contribution in [0, 0.1) is 5.92 Å². The first-order valence-corrected chi connectivity index (χ1v) is 4.34. The maximum absolute atomic E-state index is 11.2. The van der Waals surface area contributed by atoms with Gasteiger partial charge in [0.05, 0.1) is 0 Å². The molecule has 1 rings (SSSR count). The van der Waals surface area contributed by atoms with Crippen LogP contribution in [-0.2, 0) is 4.79 Å². The number of hydrogen-bond acceptors (Lipinski definition) is 2. The van der Waals surface area contributed by atoms with E-state index in [1.54, 1.807) is 7.05 Å². The molecule has 0 saturated carbocycles. The smallest absolute Gasteiger partial charge is 0.407 e. The van der Waals surface area contributed by atoms with Crippen molar-refractivity contribution in [3.05, 3.63) is 0 Å². The van der Waals surface area contributed by atoms with E-state index < -0.39 is 6.09 Å². The number of likely N-dealkylation sites (tertiary alicyclic amines) is 1. The zero-order valence-electron chi connectivity index (χ0n) is 7.62. The molecule has 1 aliphatic rings. The van der Waals surface area contributed by atoms with E-state index in [9.17, 15) is 9.59 Å². The van der Waals surface area contributed by atoms with Crippen LogP contribution in [0.3, 0.4) is 0 Å². The third-order valence-electron chi connectivity index (χ3n) is 2.38. The third kappa shape index (κ3) is 2.34. The Morgan fingerprint density at radius 3 is 2.31 bits per heavy atom. The van der Waals surface area contributed by atoms with Gasteiger partial charge in [-0.15, -0.1) is 0 Å². The second kappa shape index (κ2) is 4.11. The SMILES string of the molecule is CNC(=O)C1CCN(C(=O)O)CC1. The van der Waals surface area contributed by atoms with E-state index in [0.29, 0.717) is 25.9 Å². The zero-order valence-corrected chi connectivity index (χ0v) is 7.62. The molecule has 0 spiro atoms. The monoisotopic (exact) mass is 186 g/mol. The van der Waals surface area contributed by atoms with E-state index in [1.807, 2.05) is 0 Å². The Hall–Kier alpha value is -1.26. The average Bonchev–Trinajstić information content (AvgIpc) is 2.17. The van der Waals surface area contributed by atoms with Crippen LogP contribution in [0.1, 0.15) is 12.8 Å². The van der Waals surface area contributed by atoms with Gasteiger partial charge in [-0.1, -0.05) is 0 Å². The second-order valence-corrected chi connectivity index (χ2v) is 3.16. The maximum Gasteiger partial charge on any atom is 0.407 e. The highest BCUT2D eigenvalue weighted by molar-refractivity contribution is 5.78. The van der Waals surface area contributed by atoms with Crippen LogP contribution in [0.25, 0.3) is 0 Å². The number of amides is 2. The minimum atomic E-state index is -0.893. The highest BCUT2D eigenvalue weighted by Crippen LogP contribution is 2.16. The van der Waals surface area contributed by atoms with Gasteiger partial charge in [0.2, 0.25) is 5.91 Å². The van der Waals surface area contributed by atoms with Gasteiger partial charge in [0, 0.05) is 26.1 Å². The molecule has 1 aliphatic heterocycles. The first kappa shape index (κ1) is 9.83. The number of piperidine rings is 1. The molecule has 74 valence electrons. The Kier molecular flexibility index (Phi) is 3.11. The van der Waals surface area contributed by atoms with Crippen LogP contribution in [0.15, 0.2) is 0 Å². The largest absolute Gasteiger partial charge is 0.465 e. The predicted octanol–water partition coefficient (Wildman–Crippen LogP) is 0.122. The van der Waals surface area contributed by atoms with E-state index in [0.717, 1.165) is 0 Å². The van der Waals surface area contributed by atoms with Gasteiger partial charge in [-0.25, -0.2) is 4.79 Å². The van der Waals surface area contributed by atoms with Crippen molar-refractivity contribution >= 4 is 12.0 Å². The third-order valence-corrected chi connectivity index (χ3v) is 2.38. The molecule has 2 amide bonds. The topological polar surface area (TPSA) is 69.6 Å². The van der Waals surface area contributed by atoms with Crippen LogP contribution in [0.5, 0.6) is 0 Å². The molecular formula is C8H14N2O3. The molecule has 0 radical (unpaired) electrons. The van der Waals surface area contributed by atoms with Crippen LogP contribution >= 0.6 is 0 Å². The van der Waals surface area contributed by atoms with Crippen molar-refractivity contribution in [2.45, 2.75) is 12.8 Å². The van der Waals surface area contributed by atoms with E-state index >= 15 is 0 Å². The van der Waals surface area contributed by atoms with Crippen molar-refractivity contribution in [3.63, 3.8) is 0 Å². The summed E-state index contributed by atoms with van der Waals surface area (Å²) in [6, 6.07) is 0. The van der Waals surface area contributed by atoms with Crippen LogP contribution in [-0.4, -0.2) is 42.1 Å². The van der Waals surface area contributed by atoms with Crippen LogP contribution < -0.4 is 5.32 Å². The fourth-order valence-electron chi connectivity index (χ4n) is 1.54. The van der Waals surface area contributed by atoms with Gasteiger partial charge >= 0.3 is 6.09 Å². The van der Waals surface area contributed by atoms with Crippen molar-refractivity contribution in [2.24, 2.45) is 5.92 Å². The van der Waals surface area contributed by atoms with Gasteiger partial charge in [0.15, 0.2) is 0 Å². The molecule has 1 fully saturated rings. The van der Waals surface area contributed by atoms with Gasteiger partial charge in [0.1, 0.15) is 0 Å². The van der Waals surface area contributed by atoms with E-state index in [2.05, 4.69) is 5.32 Å². The summed E-state index contributed by atoms with van der Waals surface area (Å²) in [6.45, 7) is 0.931. The molecule has 5 nitrogen and oxygen atoms in total. The number of nitrogens with zero attached hydrogens (tertiary/aromatic N) is 1. The van der Waals surface area contributed by atoms with Gasteiger partial charge in [-0.3, -0.25) is 4.79 Å². The summed E-state index contributed by atoms with van der Waals surface area (Å²) in [7, 11) is 1.60. The minimum absolute atomic E-state index is 0.0133. The van der Waals surface area contributed by atoms with Crippen molar-refractivity contribution in [2.75, 3.05) is 20.1 Å². The highest BCUT2D eigenvalue weighted by atomic mass is 16.4. The van der Waals surface area contributed by atoms with Gasteiger partial charge in [-0.2, -0.15) is 0 Å². The van der Waals surface area contributed by atoms with Crippen molar-refractivity contribution < 1.29 is 14.7 Å². The fraction of sp³-hybridized carbons (Fsp3) is 0.750. The summed E-state index contributed by atoms with van der Waals surface area (Å²) in [5.41, 5.74) is 0. The zero-order chi connectivity index (χ0) is 9.84. The summed E-state index contributed by atoms with van der Waals surface area (Å²) in [5, 5.41) is 11.2. The molecular weight excluding hydrogens is 172 g/mol. The van der Waals surface area contributed by atoms with Crippen molar-refractivity contribution in [1.82, 2.24) is 10.2 Å². The molecule has 1 heterocycles. The molecule has 0 atom stereocenters. The Morgan fingerprint density at radius 1 is 1.38 bits per heavy atom. The summed E-state index contributed by atoms with van der Waals surface area (Å²) >= 11 is 0. The lowest BCUT2D eigenvalue weighted by Gasteiger charge is -2.28. The first-order chi connectivity index (χ1) is 6.15. The quantitative estimate of drug-likeness (QED) is 0.611. The van der Waals surface area contributed by atoms with E-state index in [-0.39, 0.29) is 11.8 Å². The Balaban J connectivity index is 2.39. The summed E-state index contributed by atoms with van der Waals surface area (Å²) in [6.07, 6.45) is 0.369. The van der Waals surface area contributed by atoms with E-state index in [1.165, 1.54) is 4.90 Å². The Labute approximate surface area is 76.7 Å². The van der Waals surface area contributed by atoms with Crippen LogP contribution in [0.4, 0.5) is 4.79 Å². The molecule has 0 aromatic heterocycles. The normalized spacial score (nSPS) is 18.4. The molecule has 0 bridgehead atoms. The molecule has 0 aromatic carbocycles. The lowest BCUT2D eigenvalue weighted by molar-refractivity contribution is -0.125. The summed E-state index contributed by atoms with van der Waals surface area (Å²) in [4.78, 5) is 23.0. The first-order valence-electron chi connectivity index (χ1n) is 4.34. The van der Waals surface area contributed by atoms with Gasteiger partial charge < -0.3 is 15.3 Å². The molecule has 0 unspecified atom stereocenters. The molecule has 0 aliphatic carbocycles. The van der Waals surface area contributed by atoms with Gasteiger partial charge in [-0.05, 0) is 12.8 Å². The lowest BCUT2D eigenvalue weighted by atomic mass is 9.96. The van der Waals surface area contributed by atoms with E-state index in [4.69, 9.17) is 5.11 Å². The van der Waals surface area contributed by atoms with Gasteiger partial charge in [0.25, 0.3) is 0 Å². The number of carbonyl (C=O) groups excluding carboxylic acids is 1. The molecule has 13 heavy (non-hydrogen) atoms. The van der Waals surface area contributed by atoms with Crippen molar-refractivity contribution in [3.8, 4) is 0 Å². The second-order valence-electron chi connectivity index (χ2n) is 3.16. The maximum atomic E-state index is 11.2. The average molecular weight is 186 g/mol. The molecule has 1 saturated heterocycles. The number of carbonyl (C=O) groups is 2. The fourth-order valence-corrected chi connectivity index (χ4v) is 1.54. The molecule has 2 N–H and O–H groups in total. The van der Waals surface area contributed by atoms with Crippen LogP contribution in [0.2, 0.25) is 0 Å². The Bertz CT molecular complexity index is 209. The highest BCUT2D eigenvalue weighted by Gasteiger charge is 2.26. The summed E-state index contributed by atoms with van der Waals surface area (Å²) in [5.74, 6) is 0.00522. The predicted molar refractivity (Wildman–Crippen MR) is 46.4 cm³/mol. The molecule has 5 heteroatoms. The number of rotatable bonds is 1. The van der Waals surface area contributed by atoms with Crippen molar-refractivity contribution in [1.29, 1.82) is 0 Å². The molecule has 0 aromatic rings. The number of nitrogens with one attached hydrogen (secondary N) is 1. The standard InChI is InChI=1S/C8H14N2O3/c1-9-7(11)6-2-4-10(5-3-6)8(12)13/h6H,2-5H2,1H3,(H,9,11)(H,12,13). The number of carboxylic acid groups (broad SMARTS) is 1.